The van der Waals surface area contributed by atoms with Crippen LogP contribution in [0, 0.1) is 0 Å². The standard InChI is InChI=1S/C13H17N3O3S2/c1-15-5-6-16(13(15)17)7-8-21(18,19)11-4-2-3-10(9-11)12(14)20/h2-4,9H,5-8H2,1H3,(H2,14,20). The summed E-state index contributed by atoms with van der Waals surface area (Å²) in [4.78, 5) is 15.2. The summed E-state index contributed by atoms with van der Waals surface area (Å²) < 4.78 is 24.6. The number of rotatable bonds is 5. The number of amides is 2. The van der Waals surface area contributed by atoms with E-state index in [0.29, 0.717) is 18.7 Å². The largest absolute Gasteiger partial charge is 0.389 e. The molecule has 0 radical (unpaired) electrons. The van der Waals surface area contributed by atoms with Crippen molar-refractivity contribution >= 4 is 33.1 Å². The number of urea groups is 1. The fourth-order valence-electron chi connectivity index (χ4n) is 2.10. The predicted octanol–water partition coefficient (Wildman–Crippen LogP) is 0.462. The molecule has 0 aromatic heterocycles. The van der Waals surface area contributed by atoms with E-state index in [1.165, 1.54) is 17.0 Å². The first-order valence-corrected chi connectivity index (χ1v) is 8.50. The lowest BCUT2D eigenvalue weighted by molar-refractivity contribution is 0.200. The second kappa shape index (κ2) is 5.98. The number of carbonyl (C=O) groups excluding carboxylic acids is 1. The molecule has 114 valence electrons. The van der Waals surface area contributed by atoms with E-state index in [4.69, 9.17) is 18.0 Å². The first kappa shape index (κ1) is 15.7. The highest BCUT2D eigenvalue weighted by molar-refractivity contribution is 7.91. The summed E-state index contributed by atoms with van der Waals surface area (Å²) in [5.74, 6) is -0.118. The van der Waals surface area contributed by atoms with Crippen LogP contribution in [0.1, 0.15) is 5.56 Å². The summed E-state index contributed by atoms with van der Waals surface area (Å²) in [5.41, 5.74) is 6.03. The van der Waals surface area contributed by atoms with Crippen LogP contribution in [-0.4, -0.2) is 61.7 Å². The van der Waals surface area contributed by atoms with Crippen molar-refractivity contribution in [1.82, 2.24) is 9.80 Å². The molecule has 2 rings (SSSR count). The van der Waals surface area contributed by atoms with Gasteiger partial charge in [-0.15, -0.1) is 0 Å². The molecule has 0 bridgehead atoms. The van der Waals surface area contributed by atoms with Crippen LogP contribution < -0.4 is 5.73 Å². The van der Waals surface area contributed by atoms with Gasteiger partial charge in [0, 0.05) is 32.2 Å². The normalized spacial score (nSPS) is 15.6. The zero-order valence-corrected chi connectivity index (χ0v) is 13.3. The summed E-state index contributed by atoms with van der Waals surface area (Å²) in [5, 5.41) is 0. The molecule has 1 aliphatic heterocycles. The van der Waals surface area contributed by atoms with Crippen LogP contribution in [0.3, 0.4) is 0 Å². The lowest BCUT2D eigenvalue weighted by Crippen LogP contribution is -2.33. The molecule has 1 heterocycles. The highest BCUT2D eigenvalue weighted by Gasteiger charge is 2.27. The van der Waals surface area contributed by atoms with Gasteiger partial charge in [-0.25, -0.2) is 13.2 Å². The third kappa shape index (κ3) is 3.51. The molecule has 1 aromatic rings. The second-order valence-electron chi connectivity index (χ2n) is 4.90. The van der Waals surface area contributed by atoms with Crippen LogP contribution in [0.25, 0.3) is 0 Å². The molecular weight excluding hydrogens is 310 g/mol. The van der Waals surface area contributed by atoms with Gasteiger partial charge in [-0.3, -0.25) is 0 Å². The van der Waals surface area contributed by atoms with Crippen molar-refractivity contribution in [1.29, 1.82) is 0 Å². The van der Waals surface area contributed by atoms with Crippen molar-refractivity contribution in [3.63, 3.8) is 0 Å². The van der Waals surface area contributed by atoms with Crippen LogP contribution in [-0.2, 0) is 9.84 Å². The molecular formula is C13H17N3O3S2. The van der Waals surface area contributed by atoms with E-state index in [9.17, 15) is 13.2 Å². The summed E-state index contributed by atoms with van der Waals surface area (Å²) in [6, 6.07) is 6.11. The molecule has 0 spiro atoms. The molecule has 0 unspecified atom stereocenters. The Bertz CT molecular complexity index is 673. The maximum atomic E-state index is 12.3. The third-order valence-corrected chi connectivity index (χ3v) is 5.34. The lowest BCUT2D eigenvalue weighted by atomic mass is 10.2. The zero-order chi connectivity index (χ0) is 15.6. The van der Waals surface area contributed by atoms with E-state index in [1.807, 2.05) is 0 Å². The molecule has 0 atom stereocenters. The van der Waals surface area contributed by atoms with E-state index in [2.05, 4.69) is 0 Å². The molecule has 0 aliphatic carbocycles. The monoisotopic (exact) mass is 327 g/mol. The fraction of sp³-hybridized carbons (Fsp3) is 0.385. The summed E-state index contributed by atoms with van der Waals surface area (Å²) in [6.45, 7) is 1.36. The number of nitrogens with zero attached hydrogens (tertiary/aromatic N) is 2. The number of nitrogens with two attached hydrogens (primary N) is 1. The van der Waals surface area contributed by atoms with Crippen molar-refractivity contribution in [2.75, 3.05) is 32.4 Å². The van der Waals surface area contributed by atoms with Gasteiger partial charge in [0.05, 0.1) is 10.6 Å². The van der Waals surface area contributed by atoms with Gasteiger partial charge < -0.3 is 15.5 Å². The minimum absolute atomic E-state index is 0.118. The van der Waals surface area contributed by atoms with E-state index < -0.39 is 9.84 Å². The van der Waals surface area contributed by atoms with E-state index in [-0.39, 0.29) is 28.2 Å². The first-order valence-electron chi connectivity index (χ1n) is 6.44. The lowest BCUT2D eigenvalue weighted by Gasteiger charge is -2.16. The number of hydrogen-bond donors (Lipinski definition) is 1. The first-order chi connectivity index (χ1) is 9.81. The van der Waals surface area contributed by atoms with Gasteiger partial charge in [-0.2, -0.15) is 0 Å². The molecule has 1 aliphatic rings. The van der Waals surface area contributed by atoms with Gasteiger partial charge in [-0.1, -0.05) is 24.4 Å². The van der Waals surface area contributed by atoms with Gasteiger partial charge in [0.2, 0.25) is 0 Å². The number of benzene rings is 1. The zero-order valence-electron chi connectivity index (χ0n) is 11.7. The van der Waals surface area contributed by atoms with Gasteiger partial charge in [0.25, 0.3) is 0 Å². The highest BCUT2D eigenvalue weighted by atomic mass is 32.2. The van der Waals surface area contributed by atoms with Crippen molar-refractivity contribution < 1.29 is 13.2 Å². The number of likely N-dealkylation sites (N-methyl/N-ethyl adjacent to an activating group) is 1. The van der Waals surface area contributed by atoms with Crippen molar-refractivity contribution in [2.45, 2.75) is 4.90 Å². The summed E-state index contributed by atoms with van der Waals surface area (Å²) in [7, 11) is -1.78. The van der Waals surface area contributed by atoms with Crippen molar-refractivity contribution in [3.8, 4) is 0 Å². The Labute approximate surface area is 129 Å². The molecule has 1 fully saturated rings. The van der Waals surface area contributed by atoms with Crippen LogP contribution in [0.2, 0.25) is 0 Å². The molecule has 2 N–H and O–H groups in total. The van der Waals surface area contributed by atoms with Gasteiger partial charge >= 0.3 is 6.03 Å². The van der Waals surface area contributed by atoms with E-state index in [1.54, 1.807) is 24.1 Å². The van der Waals surface area contributed by atoms with E-state index >= 15 is 0 Å². The molecule has 2 amide bonds. The molecule has 1 aromatic carbocycles. The maximum Gasteiger partial charge on any atom is 0.319 e. The Kier molecular flexibility index (Phi) is 4.48. The van der Waals surface area contributed by atoms with Crippen molar-refractivity contribution in [2.24, 2.45) is 5.73 Å². The maximum absolute atomic E-state index is 12.3. The number of carbonyl (C=O) groups is 1. The smallest absolute Gasteiger partial charge is 0.319 e. The Hall–Kier alpha value is -1.67. The molecule has 6 nitrogen and oxygen atoms in total. The fourth-order valence-corrected chi connectivity index (χ4v) is 3.52. The second-order valence-corrected chi connectivity index (χ2v) is 7.45. The Morgan fingerprint density at radius 3 is 2.67 bits per heavy atom. The molecule has 21 heavy (non-hydrogen) atoms. The quantitative estimate of drug-likeness (QED) is 0.795. The summed E-state index contributed by atoms with van der Waals surface area (Å²) >= 11 is 4.85. The van der Waals surface area contributed by atoms with Crippen LogP contribution >= 0.6 is 12.2 Å². The average Bonchev–Trinajstić information content (AvgIpc) is 2.77. The van der Waals surface area contributed by atoms with Gasteiger partial charge in [0.15, 0.2) is 9.84 Å². The topological polar surface area (TPSA) is 83.7 Å². The predicted molar refractivity (Wildman–Crippen MR) is 84.0 cm³/mol. The number of hydrogen-bond acceptors (Lipinski definition) is 4. The molecule has 8 heteroatoms. The Morgan fingerprint density at radius 2 is 2.10 bits per heavy atom. The number of thiocarbonyl (C=S) groups is 1. The number of sulfone groups is 1. The third-order valence-electron chi connectivity index (χ3n) is 3.41. The van der Waals surface area contributed by atoms with Crippen LogP contribution in [0.15, 0.2) is 29.2 Å². The van der Waals surface area contributed by atoms with E-state index in [0.717, 1.165) is 0 Å². The molecule has 1 saturated heterocycles. The Balaban J connectivity index is 2.10. The molecule has 0 saturated carbocycles. The summed E-state index contributed by atoms with van der Waals surface area (Å²) in [6.07, 6.45) is 0. The SMILES string of the molecule is CN1CCN(CCS(=O)(=O)c2cccc(C(N)=S)c2)C1=O. The van der Waals surface area contributed by atoms with Crippen LogP contribution in [0.5, 0.6) is 0 Å². The van der Waals surface area contributed by atoms with Gasteiger partial charge in [0.1, 0.15) is 4.99 Å². The minimum atomic E-state index is -3.47. The minimum Gasteiger partial charge on any atom is -0.389 e. The average molecular weight is 327 g/mol. The Morgan fingerprint density at radius 1 is 1.38 bits per heavy atom. The van der Waals surface area contributed by atoms with Crippen LogP contribution in [0.4, 0.5) is 4.79 Å². The highest BCUT2D eigenvalue weighted by Crippen LogP contribution is 2.15. The van der Waals surface area contributed by atoms with Crippen molar-refractivity contribution in [3.05, 3.63) is 29.8 Å². The van der Waals surface area contributed by atoms with Gasteiger partial charge in [-0.05, 0) is 12.1 Å².